The Bertz CT molecular complexity index is 1270. The lowest BCUT2D eigenvalue weighted by atomic mass is 9.84. The lowest BCUT2D eigenvalue weighted by molar-refractivity contribution is -0.261. The van der Waals surface area contributed by atoms with Crippen molar-refractivity contribution in [1.82, 2.24) is 9.80 Å². The lowest BCUT2D eigenvalue weighted by Gasteiger charge is -2.35. The van der Waals surface area contributed by atoms with E-state index in [-0.39, 0.29) is 24.7 Å². The quantitative estimate of drug-likeness (QED) is 0.434. The molecule has 2 aliphatic heterocycles. The average molecular weight is 610 g/mol. The van der Waals surface area contributed by atoms with Crippen LogP contribution in [0, 0.1) is 11.8 Å². The van der Waals surface area contributed by atoms with Crippen LogP contribution in [0.15, 0.2) is 42.5 Å². The Kier molecular flexibility index (Phi) is 9.98. The Hall–Kier alpha value is -2.98. The number of nitrogens with zero attached hydrogens (tertiary/aromatic N) is 3. The SMILES string of the molecule is COc1cccc([C@@](O)(C(=O)N2CCCC(CC3CCN(c4ccc(C(=O)N(C)C)c(Cl)c4)CC3)CC2)C(F)(F)F)c1. The van der Waals surface area contributed by atoms with Crippen LogP contribution < -0.4 is 9.64 Å². The maximum absolute atomic E-state index is 14.2. The van der Waals surface area contributed by atoms with Gasteiger partial charge in [0.2, 0.25) is 0 Å². The predicted octanol–water partition coefficient (Wildman–Crippen LogP) is 5.74. The van der Waals surface area contributed by atoms with E-state index in [2.05, 4.69) is 4.90 Å². The molecule has 2 heterocycles. The van der Waals surface area contributed by atoms with E-state index >= 15 is 0 Å². The highest BCUT2D eigenvalue weighted by Crippen LogP contribution is 2.42. The first kappa shape index (κ1) is 31.9. The number of aliphatic hydroxyl groups is 1. The third-order valence-electron chi connectivity index (χ3n) is 8.58. The van der Waals surface area contributed by atoms with Crippen LogP contribution in [-0.4, -0.2) is 80.3 Å². The fourth-order valence-corrected chi connectivity index (χ4v) is 6.36. The van der Waals surface area contributed by atoms with Crippen LogP contribution in [0.2, 0.25) is 5.02 Å². The fraction of sp³-hybridized carbons (Fsp3) is 0.548. The molecular weight excluding hydrogens is 571 g/mol. The molecule has 2 amide bonds. The van der Waals surface area contributed by atoms with Crippen molar-refractivity contribution in [3.05, 3.63) is 58.6 Å². The molecule has 2 fully saturated rings. The van der Waals surface area contributed by atoms with Crippen LogP contribution in [0.5, 0.6) is 5.75 Å². The van der Waals surface area contributed by atoms with Crippen LogP contribution in [0.3, 0.4) is 0 Å². The molecule has 230 valence electrons. The normalized spacial score (nSPS) is 20.0. The minimum absolute atomic E-state index is 0.129. The number of benzene rings is 2. The first-order valence-corrected chi connectivity index (χ1v) is 14.7. The number of hydrogen-bond donors (Lipinski definition) is 1. The molecule has 0 bridgehead atoms. The largest absolute Gasteiger partial charge is 0.497 e. The summed E-state index contributed by atoms with van der Waals surface area (Å²) in [5, 5.41) is 11.3. The van der Waals surface area contributed by atoms with Gasteiger partial charge in [0.05, 0.1) is 17.7 Å². The third-order valence-corrected chi connectivity index (χ3v) is 8.89. The number of likely N-dealkylation sites (tertiary alicyclic amines) is 1. The summed E-state index contributed by atoms with van der Waals surface area (Å²) in [5.74, 6) is -0.584. The highest BCUT2D eigenvalue weighted by atomic mass is 35.5. The number of alkyl halides is 3. The van der Waals surface area contributed by atoms with Gasteiger partial charge in [0, 0.05) is 51.5 Å². The number of ether oxygens (including phenoxy) is 1. The molecule has 1 unspecified atom stereocenters. The van der Waals surface area contributed by atoms with Crippen molar-refractivity contribution >= 4 is 29.1 Å². The molecule has 0 spiro atoms. The zero-order chi connectivity index (χ0) is 30.7. The molecule has 2 aromatic carbocycles. The Morgan fingerprint density at radius 3 is 2.29 bits per heavy atom. The number of anilines is 1. The van der Waals surface area contributed by atoms with E-state index in [0.29, 0.717) is 35.3 Å². The molecule has 4 rings (SSSR count). The van der Waals surface area contributed by atoms with Crippen molar-refractivity contribution in [2.45, 2.75) is 50.3 Å². The number of methoxy groups -OCH3 is 1. The summed E-state index contributed by atoms with van der Waals surface area (Å²) in [5.41, 5.74) is -2.74. The van der Waals surface area contributed by atoms with Crippen LogP contribution >= 0.6 is 11.6 Å². The van der Waals surface area contributed by atoms with Crippen molar-refractivity contribution in [3.8, 4) is 5.75 Å². The Labute approximate surface area is 250 Å². The smallest absolute Gasteiger partial charge is 0.430 e. The molecule has 11 heteroatoms. The first-order valence-electron chi connectivity index (χ1n) is 14.3. The third kappa shape index (κ3) is 6.80. The van der Waals surface area contributed by atoms with Gasteiger partial charge in [0.25, 0.3) is 17.4 Å². The van der Waals surface area contributed by atoms with E-state index in [1.807, 2.05) is 12.1 Å². The molecule has 2 aromatic rings. The molecule has 7 nitrogen and oxygen atoms in total. The topological polar surface area (TPSA) is 73.3 Å². The van der Waals surface area contributed by atoms with Crippen LogP contribution in [-0.2, 0) is 10.4 Å². The van der Waals surface area contributed by atoms with Crippen molar-refractivity contribution in [2.24, 2.45) is 11.8 Å². The summed E-state index contributed by atoms with van der Waals surface area (Å²) in [6, 6.07) is 10.5. The second kappa shape index (κ2) is 13.1. The summed E-state index contributed by atoms with van der Waals surface area (Å²) >= 11 is 6.41. The first-order chi connectivity index (χ1) is 19.8. The number of hydrogen-bond acceptors (Lipinski definition) is 5. The molecule has 0 saturated carbocycles. The Morgan fingerprint density at radius 2 is 1.67 bits per heavy atom. The summed E-state index contributed by atoms with van der Waals surface area (Å²) in [4.78, 5) is 30.5. The van der Waals surface area contributed by atoms with Gasteiger partial charge in [-0.3, -0.25) is 9.59 Å². The number of rotatable bonds is 7. The standard InChI is InChI=1S/C31H39ClF3N3O4/c1-36(2)28(39)26-10-9-24(20-27(26)32)37-15-11-22(12-16-37)18-21-6-5-14-38(17-13-21)29(40)30(41,31(33,34)35)23-7-4-8-25(19-23)42-3/h4,7-10,19-22,41H,5-6,11-18H2,1-3H3/t21?,30-/m1/s1. The number of piperidine rings is 1. The van der Waals surface area contributed by atoms with Gasteiger partial charge in [0.15, 0.2) is 0 Å². The summed E-state index contributed by atoms with van der Waals surface area (Å²) in [6.45, 7) is 2.03. The number of carbonyl (C=O) groups excluding carboxylic acids is 2. The zero-order valence-corrected chi connectivity index (χ0v) is 25.0. The maximum atomic E-state index is 14.2. The number of carbonyl (C=O) groups is 2. The van der Waals surface area contributed by atoms with Crippen LogP contribution in [0.25, 0.3) is 0 Å². The van der Waals surface area contributed by atoms with E-state index in [0.717, 1.165) is 56.6 Å². The van der Waals surface area contributed by atoms with E-state index in [9.17, 15) is 27.9 Å². The molecule has 2 aliphatic rings. The van der Waals surface area contributed by atoms with E-state index in [1.165, 1.54) is 29.0 Å². The van der Waals surface area contributed by atoms with Gasteiger partial charge in [-0.1, -0.05) is 23.7 Å². The molecule has 0 radical (unpaired) electrons. The Morgan fingerprint density at radius 1 is 1.00 bits per heavy atom. The summed E-state index contributed by atoms with van der Waals surface area (Å²) < 4.78 is 47.7. The molecule has 1 N–H and O–H groups in total. The minimum Gasteiger partial charge on any atom is -0.497 e. The zero-order valence-electron chi connectivity index (χ0n) is 24.3. The molecule has 2 atom stereocenters. The van der Waals surface area contributed by atoms with Crippen molar-refractivity contribution < 1.29 is 32.6 Å². The molecular formula is C31H39ClF3N3O4. The van der Waals surface area contributed by atoms with E-state index in [4.69, 9.17) is 16.3 Å². The summed E-state index contributed by atoms with van der Waals surface area (Å²) in [7, 11) is 4.69. The highest BCUT2D eigenvalue weighted by Gasteiger charge is 2.62. The van der Waals surface area contributed by atoms with Gasteiger partial charge in [-0.2, -0.15) is 13.2 Å². The van der Waals surface area contributed by atoms with Crippen molar-refractivity contribution in [1.29, 1.82) is 0 Å². The minimum atomic E-state index is -5.19. The van der Waals surface area contributed by atoms with Gasteiger partial charge >= 0.3 is 6.18 Å². The maximum Gasteiger partial charge on any atom is 0.430 e. The second-order valence-corrected chi connectivity index (χ2v) is 12.0. The number of halogens is 4. The monoisotopic (exact) mass is 609 g/mol. The van der Waals surface area contributed by atoms with Crippen LogP contribution in [0.4, 0.5) is 18.9 Å². The van der Waals surface area contributed by atoms with Gasteiger partial charge in [-0.25, -0.2) is 0 Å². The number of amides is 2. The van der Waals surface area contributed by atoms with E-state index in [1.54, 1.807) is 20.2 Å². The van der Waals surface area contributed by atoms with Crippen molar-refractivity contribution in [3.63, 3.8) is 0 Å². The van der Waals surface area contributed by atoms with Gasteiger partial charge < -0.3 is 24.5 Å². The van der Waals surface area contributed by atoms with E-state index < -0.39 is 23.2 Å². The Balaban J connectivity index is 1.34. The average Bonchev–Trinajstić information content (AvgIpc) is 3.21. The molecule has 2 saturated heterocycles. The highest BCUT2D eigenvalue weighted by molar-refractivity contribution is 6.34. The van der Waals surface area contributed by atoms with Gasteiger partial charge in [-0.15, -0.1) is 0 Å². The van der Waals surface area contributed by atoms with Crippen LogP contribution in [0.1, 0.15) is 54.4 Å². The van der Waals surface area contributed by atoms with Gasteiger partial charge in [-0.05, 0) is 80.7 Å². The molecule has 42 heavy (non-hydrogen) atoms. The molecule has 0 aromatic heterocycles. The van der Waals surface area contributed by atoms with Gasteiger partial charge in [0.1, 0.15) is 5.75 Å². The predicted molar refractivity (Wildman–Crippen MR) is 156 cm³/mol. The van der Waals surface area contributed by atoms with Crippen molar-refractivity contribution in [2.75, 3.05) is 52.3 Å². The second-order valence-electron chi connectivity index (χ2n) is 11.6. The fourth-order valence-electron chi connectivity index (χ4n) is 6.10. The molecule has 0 aliphatic carbocycles. The lowest BCUT2D eigenvalue weighted by Crippen LogP contribution is -2.56. The summed E-state index contributed by atoms with van der Waals surface area (Å²) in [6.07, 6.45) is -0.302.